The average molecular weight is 367 g/mol. The van der Waals surface area contributed by atoms with E-state index in [9.17, 15) is 4.79 Å². The lowest BCUT2D eigenvalue weighted by molar-refractivity contribution is -0.117. The van der Waals surface area contributed by atoms with E-state index in [0.29, 0.717) is 22.3 Å². The van der Waals surface area contributed by atoms with Crippen molar-refractivity contribution in [3.63, 3.8) is 0 Å². The van der Waals surface area contributed by atoms with Crippen molar-refractivity contribution in [2.45, 2.75) is 19.5 Å². The molecule has 0 fully saturated rings. The highest BCUT2D eigenvalue weighted by atomic mass is 35.5. The van der Waals surface area contributed by atoms with Crippen molar-refractivity contribution in [3.8, 4) is 11.5 Å². The number of carbonyl (C=O) groups excluding carboxylic acids is 1. The Kier molecular flexibility index (Phi) is 5.14. The Labute approximate surface area is 149 Å². The highest BCUT2D eigenvalue weighted by molar-refractivity contribution is 6.35. The van der Waals surface area contributed by atoms with Crippen molar-refractivity contribution in [2.24, 2.45) is 0 Å². The van der Waals surface area contributed by atoms with E-state index in [0.717, 1.165) is 17.1 Å². The standard InChI is InChI=1S/C17H16Cl2N2O3/c1-10(17(22)21-14-7-12(18)3-4-13(14)19)20-8-11-2-5-15-16(6-11)24-9-23-15/h2-7,10,20H,8-9H2,1H3,(H,21,22)/t10-/m1/s1. The molecule has 0 spiro atoms. The number of halogens is 2. The summed E-state index contributed by atoms with van der Waals surface area (Å²) < 4.78 is 10.6. The molecule has 1 aliphatic rings. The van der Waals surface area contributed by atoms with Gasteiger partial charge in [-0.2, -0.15) is 0 Å². The van der Waals surface area contributed by atoms with Crippen molar-refractivity contribution in [3.05, 3.63) is 52.0 Å². The lowest BCUT2D eigenvalue weighted by Crippen LogP contribution is -2.37. The number of hydrogen-bond acceptors (Lipinski definition) is 4. The van der Waals surface area contributed by atoms with Crippen molar-refractivity contribution < 1.29 is 14.3 Å². The normalized spacial score (nSPS) is 13.6. The van der Waals surface area contributed by atoms with Gasteiger partial charge < -0.3 is 20.1 Å². The maximum absolute atomic E-state index is 12.3. The summed E-state index contributed by atoms with van der Waals surface area (Å²) in [7, 11) is 0. The molecule has 0 saturated heterocycles. The lowest BCUT2D eigenvalue weighted by Gasteiger charge is -2.15. The zero-order chi connectivity index (χ0) is 17.1. The third-order valence-electron chi connectivity index (χ3n) is 3.63. The maximum Gasteiger partial charge on any atom is 0.241 e. The van der Waals surface area contributed by atoms with Crippen LogP contribution in [-0.2, 0) is 11.3 Å². The van der Waals surface area contributed by atoms with Crippen LogP contribution in [0.5, 0.6) is 11.5 Å². The first-order chi connectivity index (χ1) is 11.5. The Hall–Kier alpha value is -1.95. The van der Waals surface area contributed by atoms with Gasteiger partial charge in [-0.1, -0.05) is 29.3 Å². The summed E-state index contributed by atoms with van der Waals surface area (Å²) in [6.07, 6.45) is 0. The number of hydrogen-bond donors (Lipinski definition) is 2. The van der Waals surface area contributed by atoms with E-state index in [1.807, 2.05) is 18.2 Å². The molecule has 3 rings (SSSR count). The molecule has 0 aromatic heterocycles. The summed E-state index contributed by atoms with van der Waals surface area (Å²) in [5, 5.41) is 6.88. The maximum atomic E-state index is 12.3. The number of amides is 1. The Morgan fingerprint density at radius 2 is 1.96 bits per heavy atom. The number of ether oxygens (including phenoxy) is 2. The molecule has 1 atom stereocenters. The van der Waals surface area contributed by atoms with Gasteiger partial charge in [0.1, 0.15) is 0 Å². The van der Waals surface area contributed by atoms with Gasteiger partial charge in [-0.3, -0.25) is 4.79 Å². The molecule has 0 unspecified atom stereocenters. The molecule has 2 aromatic carbocycles. The largest absolute Gasteiger partial charge is 0.454 e. The van der Waals surface area contributed by atoms with Crippen LogP contribution in [0.25, 0.3) is 0 Å². The smallest absolute Gasteiger partial charge is 0.241 e. The predicted molar refractivity (Wildman–Crippen MR) is 94.0 cm³/mol. The molecule has 1 heterocycles. The monoisotopic (exact) mass is 366 g/mol. The molecule has 0 radical (unpaired) electrons. The van der Waals surface area contributed by atoms with Crippen LogP contribution >= 0.6 is 23.2 Å². The number of carbonyl (C=O) groups is 1. The van der Waals surface area contributed by atoms with Crippen LogP contribution in [-0.4, -0.2) is 18.7 Å². The third-order valence-corrected chi connectivity index (χ3v) is 4.19. The molecule has 1 amide bonds. The molecule has 0 saturated carbocycles. The van der Waals surface area contributed by atoms with Crippen LogP contribution < -0.4 is 20.1 Å². The quantitative estimate of drug-likeness (QED) is 0.843. The number of nitrogens with one attached hydrogen (secondary N) is 2. The summed E-state index contributed by atoms with van der Waals surface area (Å²) in [4.78, 5) is 12.3. The van der Waals surface area contributed by atoms with E-state index in [2.05, 4.69) is 10.6 Å². The van der Waals surface area contributed by atoms with Crippen LogP contribution in [0.2, 0.25) is 10.0 Å². The lowest BCUT2D eigenvalue weighted by atomic mass is 10.2. The van der Waals surface area contributed by atoms with E-state index in [1.54, 1.807) is 25.1 Å². The van der Waals surface area contributed by atoms with Crippen LogP contribution in [0.3, 0.4) is 0 Å². The summed E-state index contributed by atoms with van der Waals surface area (Å²) in [6.45, 7) is 2.54. The van der Waals surface area contributed by atoms with E-state index in [4.69, 9.17) is 32.7 Å². The van der Waals surface area contributed by atoms with Crippen molar-refractivity contribution >= 4 is 34.8 Å². The zero-order valence-electron chi connectivity index (χ0n) is 12.9. The SMILES string of the molecule is C[C@@H](NCc1ccc2c(c1)OCO2)C(=O)Nc1cc(Cl)ccc1Cl. The third kappa shape index (κ3) is 3.93. The van der Waals surface area contributed by atoms with Gasteiger partial charge in [0.05, 0.1) is 16.8 Å². The molecule has 24 heavy (non-hydrogen) atoms. The second-order valence-corrected chi connectivity index (χ2v) is 6.25. The summed E-state index contributed by atoms with van der Waals surface area (Å²) in [6, 6.07) is 10.2. The summed E-state index contributed by atoms with van der Waals surface area (Å²) >= 11 is 12.0. The Morgan fingerprint density at radius 3 is 2.79 bits per heavy atom. The van der Waals surface area contributed by atoms with Gasteiger partial charge >= 0.3 is 0 Å². The molecule has 7 heteroatoms. The van der Waals surface area contributed by atoms with Gasteiger partial charge in [0, 0.05) is 11.6 Å². The van der Waals surface area contributed by atoms with Crippen molar-refractivity contribution in [2.75, 3.05) is 12.1 Å². The molecule has 1 aliphatic heterocycles. The molecule has 0 bridgehead atoms. The first-order valence-corrected chi connectivity index (χ1v) is 8.16. The van der Waals surface area contributed by atoms with Crippen LogP contribution in [0.15, 0.2) is 36.4 Å². The zero-order valence-corrected chi connectivity index (χ0v) is 14.4. The van der Waals surface area contributed by atoms with E-state index < -0.39 is 6.04 Å². The summed E-state index contributed by atoms with van der Waals surface area (Å²) in [5.41, 5.74) is 1.49. The predicted octanol–water partition coefficient (Wildman–Crippen LogP) is 3.84. The van der Waals surface area contributed by atoms with Gasteiger partial charge in [0.25, 0.3) is 0 Å². The van der Waals surface area contributed by atoms with E-state index in [1.165, 1.54) is 0 Å². The average Bonchev–Trinajstić information content (AvgIpc) is 3.03. The molecule has 126 valence electrons. The number of fused-ring (bicyclic) bond motifs is 1. The van der Waals surface area contributed by atoms with E-state index >= 15 is 0 Å². The van der Waals surface area contributed by atoms with E-state index in [-0.39, 0.29) is 12.7 Å². The minimum atomic E-state index is -0.412. The van der Waals surface area contributed by atoms with Gasteiger partial charge in [-0.25, -0.2) is 0 Å². The fraction of sp³-hybridized carbons (Fsp3) is 0.235. The Bertz CT molecular complexity index is 767. The van der Waals surface area contributed by atoms with Gasteiger partial charge in [0.15, 0.2) is 11.5 Å². The molecule has 2 N–H and O–H groups in total. The van der Waals surface area contributed by atoms with Gasteiger partial charge in [0.2, 0.25) is 12.7 Å². The molecular formula is C17H16Cl2N2O3. The first-order valence-electron chi connectivity index (χ1n) is 7.41. The fourth-order valence-electron chi connectivity index (χ4n) is 2.25. The second kappa shape index (κ2) is 7.30. The number of benzene rings is 2. The number of anilines is 1. The first kappa shape index (κ1) is 16.9. The highest BCUT2D eigenvalue weighted by Gasteiger charge is 2.16. The minimum absolute atomic E-state index is 0.195. The van der Waals surface area contributed by atoms with Crippen LogP contribution in [0.4, 0.5) is 5.69 Å². The minimum Gasteiger partial charge on any atom is -0.454 e. The second-order valence-electron chi connectivity index (χ2n) is 5.40. The van der Waals surface area contributed by atoms with Crippen molar-refractivity contribution in [1.82, 2.24) is 5.32 Å². The fourth-order valence-corrected chi connectivity index (χ4v) is 2.59. The highest BCUT2D eigenvalue weighted by Crippen LogP contribution is 2.32. The van der Waals surface area contributed by atoms with Crippen molar-refractivity contribution in [1.29, 1.82) is 0 Å². The molecular weight excluding hydrogens is 351 g/mol. The number of rotatable bonds is 5. The molecule has 0 aliphatic carbocycles. The Balaban J connectivity index is 1.57. The van der Waals surface area contributed by atoms with Gasteiger partial charge in [-0.15, -0.1) is 0 Å². The topological polar surface area (TPSA) is 59.6 Å². The molecule has 5 nitrogen and oxygen atoms in total. The van der Waals surface area contributed by atoms with Crippen LogP contribution in [0.1, 0.15) is 12.5 Å². The van der Waals surface area contributed by atoms with Crippen LogP contribution in [0, 0.1) is 0 Å². The van der Waals surface area contributed by atoms with Gasteiger partial charge in [-0.05, 0) is 42.8 Å². The Morgan fingerprint density at radius 1 is 1.17 bits per heavy atom. The summed E-state index contributed by atoms with van der Waals surface area (Å²) in [5.74, 6) is 1.26. The molecule has 2 aromatic rings.